The zero-order valence-electron chi connectivity index (χ0n) is 16.9. The molecule has 1 atom stereocenters. The first-order valence-electron chi connectivity index (χ1n) is 9.34. The van der Waals surface area contributed by atoms with Crippen LogP contribution < -0.4 is 9.97 Å². The zero-order chi connectivity index (χ0) is 21.8. The average molecular weight is 409 g/mol. The molecule has 1 aliphatic rings. The number of halogens is 1. The van der Waals surface area contributed by atoms with Crippen molar-refractivity contribution in [3.8, 4) is 5.75 Å². The Morgan fingerprint density at radius 2 is 2.00 bits per heavy atom. The molecule has 2 rings (SSSR count). The third-order valence-corrected chi connectivity index (χ3v) is 4.23. The monoisotopic (exact) mass is 409 g/mol. The van der Waals surface area contributed by atoms with E-state index in [1.807, 2.05) is 6.92 Å². The van der Waals surface area contributed by atoms with Gasteiger partial charge in [0.05, 0.1) is 11.4 Å². The van der Waals surface area contributed by atoms with Crippen LogP contribution in [0.1, 0.15) is 56.5 Å². The Labute approximate surface area is 168 Å². The summed E-state index contributed by atoms with van der Waals surface area (Å²) >= 11 is 0. The molecule has 0 aromatic heterocycles. The minimum atomic E-state index is -1.46. The number of hydrogen-bond acceptors (Lipinski definition) is 7. The van der Waals surface area contributed by atoms with Crippen molar-refractivity contribution in [2.75, 3.05) is 6.79 Å². The van der Waals surface area contributed by atoms with Crippen LogP contribution >= 0.6 is 0 Å². The number of amides is 1. The van der Waals surface area contributed by atoms with Gasteiger partial charge in [-0.05, 0) is 45.2 Å². The summed E-state index contributed by atoms with van der Waals surface area (Å²) in [6.07, 6.45) is 1.09. The second-order valence-corrected chi connectivity index (χ2v) is 7.78. The van der Waals surface area contributed by atoms with E-state index in [2.05, 4.69) is 5.32 Å². The summed E-state index contributed by atoms with van der Waals surface area (Å²) in [5, 5.41) is 12.8. The summed E-state index contributed by atoms with van der Waals surface area (Å²) in [5.41, 5.74) is -0.864. The Morgan fingerprint density at radius 3 is 2.62 bits per heavy atom. The van der Waals surface area contributed by atoms with Gasteiger partial charge in [-0.25, -0.2) is 9.18 Å². The molecule has 1 heterocycles. The van der Waals surface area contributed by atoms with Gasteiger partial charge < -0.3 is 24.5 Å². The summed E-state index contributed by atoms with van der Waals surface area (Å²) in [4.78, 5) is 35.8. The summed E-state index contributed by atoms with van der Waals surface area (Å²) < 4.78 is 29.3. The van der Waals surface area contributed by atoms with Gasteiger partial charge in [0.1, 0.15) is 17.1 Å². The van der Waals surface area contributed by atoms with E-state index in [0.29, 0.717) is 18.4 Å². The van der Waals surface area contributed by atoms with E-state index < -0.39 is 48.6 Å². The van der Waals surface area contributed by atoms with Gasteiger partial charge in [-0.3, -0.25) is 9.59 Å². The largest absolute Gasteiger partial charge is 0.547 e. The fourth-order valence-electron chi connectivity index (χ4n) is 2.68. The molecule has 0 bridgehead atoms. The molecule has 0 radical (unpaired) electrons. The maximum atomic E-state index is 14.3. The highest BCUT2D eigenvalue weighted by molar-refractivity contribution is 6.47. The third kappa shape index (κ3) is 5.69. The summed E-state index contributed by atoms with van der Waals surface area (Å²) in [7, 11) is -1.46. The molecule has 10 heteroatoms. The van der Waals surface area contributed by atoms with E-state index in [0.717, 1.165) is 6.07 Å². The normalized spacial score (nSPS) is 15.8. The quantitative estimate of drug-likeness (QED) is 0.419. The van der Waals surface area contributed by atoms with Crippen LogP contribution in [-0.2, 0) is 25.5 Å². The van der Waals surface area contributed by atoms with Crippen molar-refractivity contribution in [3.63, 3.8) is 0 Å². The first-order chi connectivity index (χ1) is 13.5. The molecule has 29 heavy (non-hydrogen) atoms. The highest BCUT2D eigenvalue weighted by Gasteiger charge is 2.39. The van der Waals surface area contributed by atoms with Crippen LogP contribution in [0, 0.1) is 11.2 Å². The van der Waals surface area contributed by atoms with Crippen molar-refractivity contribution in [2.24, 2.45) is 5.41 Å². The zero-order valence-corrected chi connectivity index (χ0v) is 16.9. The second-order valence-electron chi connectivity index (χ2n) is 7.78. The standard InChI is InChI=1S/C19H25BFNO7/c1-5-6-14(23)22-13-9-11-7-8-12(21)15(16(11)29-20(13)26)17(24)27-10-28-18(25)19(2,3)4/h7-8,13,26H,5-6,9-10H2,1-4H3,(H,22,23)/t13-/m0/s1. The molecule has 0 aliphatic carbocycles. The van der Waals surface area contributed by atoms with Crippen LogP contribution in [0.2, 0.25) is 0 Å². The first-order valence-corrected chi connectivity index (χ1v) is 9.34. The van der Waals surface area contributed by atoms with Crippen LogP contribution in [0.5, 0.6) is 5.75 Å². The number of esters is 2. The van der Waals surface area contributed by atoms with E-state index in [1.54, 1.807) is 20.8 Å². The van der Waals surface area contributed by atoms with Crippen molar-refractivity contribution in [1.82, 2.24) is 5.32 Å². The summed E-state index contributed by atoms with van der Waals surface area (Å²) in [6.45, 7) is 6.07. The van der Waals surface area contributed by atoms with E-state index in [4.69, 9.17) is 14.1 Å². The van der Waals surface area contributed by atoms with Crippen molar-refractivity contribution in [2.45, 2.75) is 52.9 Å². The van der Waals surface area contributed by atoms with Crippen molar-refractivity contribution >= 4 is 25.0 Å². The highest BCUT2D eigenvalue weighted by atomic mass is 19.1. The molecule has 0 fully saturated rings. The number of carbonyl (C=O) groups excluding carboxylic acids is 3. The number of rotatable bonds is 6. The number of hydrogen-bond donors (Lipinski definition) is 2. The van der Waals surface area contributed by atoms with E-state index in [1.165, 1.54) is 6.07 Å². The molecular formula is C19H25BFNO7. The van der Waals surface area contributed by atoms with Crippen LogP contribution in [0.15, 0.2) is 12.1 Å². The lowest BCUT2D eigenvalue weighted by atomic mass is 9.72. The van der Waals surface area contributed by atoms with E-state index in [-0.39, 0.29) is 18.1 Å². The average Bonchev–Trinajstić information content (AvgIpc) is 2.61. The van der Waals surface area contributed by atoms with Crippen molar-refractivity contribution in [1.29, 1.82) is 0 Å². The number of nitrogens with one attached hydrogen (secondary N) is 1. The molecule has 1 aromatic carbocycles. The van der Waals surface area contributed by atoms with Gasteiger partial charge in [-0.1, -0.05) is 13.0 Å². The van der Waals surface area contributed by atoms with Crippen LogP contribution in [0.3, 0.4) is 0 Å². The Hall–Kier alpha value is -2.62. The lowest BCUT2D eigenvalue weighted by molar-refractivity contribution is -0.161. The predicted octanol–water partition coefficient (Wildman–Crippen LogP) is 1.77. The van der Waals surface area contributed by atoms with Gasteiger partial charge in [0.2, 0.25) is 12.7 Å². The van der Waals surface area contributed by atoms with Crippen LogP contribution in [0.4, 0.5) is 4.39 Å². The van der Waals surface area contributed by atoms with E-state index in [9.17, 15) is 23.8 Å². The Balaban J connectivity index is 2.12. The van der Waals surface area contributed by atoms with E-state index >= 15 is 0 Å². The van der Waals surface area contributed by atoms with Gasteiger partial charge in [0, 0.05) is 6.42 Å². The molecule has 8 nitrogen and oxygen atoms in total. The minimum absolute atomic E-state index is 0.144. The lowest BCUT2D eigenvalue weighted by Gasteiger charge is -2.29. The maximum absolute atomic E-state index is 14.3. The second kappa shape index (κ2) is 9.26. The van der Waals surface area contributed by atoms with Crippen molar-refractivity contribution < 1.29 is 37.9 Å². The highest BCUT2D eigenvalue weighted by Crippen LogP contribution is 2.32. The molecule has 2 N–H and O–H groups in total. The molecule has 0 saturated carbocycles. The van der Waals surface area contributed by atoms with Gasteiger partial charge in [0.15, 0.2) is 0 Å². The molecule has 0 saturated heterocycles. The smallest absolute Gasteiger partial charge is 0.534 e. The number of carbonyl (C=O) groups is 3. The molecule has 0 unspecified atom stereocenters. The Bertz CT molecular complexity index is 793. The maximum Gasteiger partial charge on any atom is 0.547 e. The van der Waals surface area contributed by atoms with Gasteiger partial charge in [-0.15, -0.1) is 0 Å². The molecule has 0 spiro atoms. The Kier molecular flexibility index (Phi) is 7.24. The summed E-state index contributed by atoms with van der Waals surface area (Å²) in [5.74, 6) is -3.73. The number of ether oxygens (including phenoxy) is 2. The Morgan fingerprint density at radius 1 is 1.31 bits per heavy atom. The fourth-order valence-corrected chi connectivity index (χ4v) is 2.68. The van der Waals surface area contributed by atoms with Crippen molar-refractivity contribution in [3.05, 3.63) is 29.1 Å². The van der Waals surface area contributed by atoms with Crippen LogP contribution in [-0.4, -0.2) is 42.7 Å². The topological polar surface area (TPSA) is 111 Å². The number of fused-ring (bicyclic) bond motifs is 1. The molecule has 1 aromatic rings. The fraction of sp³-hybridized carbons (Fsp3) is 0.526. The minimum Gasteiger partial charge on any atom is -0.534 e. The van der Waals surface area contributed by atoms with Gasteiger partial charge >= 0.3 is 19.1 Å². The van der Waals surface area contributed by atoms with Gasteiger partial charge in [0.25, 0.3) is 0 Å². The van der Waals surface area contributed by atoms with Gasteiger partial charge in [-0.2, -0.15) is 0 Å². The number of benzene rings is 1. The predicted molar refractivity (Wildman–Crippen MR) is 101 cm³/mol. The first kappa shape index (κ1) is 22.7. The van der Waals surface area contributed by atoms with Crippen LogP contribution in [0.25, 0.3) is 0 Å². The molecule has 1 amide bonds. The third-order valence-electron chi connectivity index (χ3n) is 4.23. The summed E-state index contributed by atoms with van der Waals surface area (Å²) in [6, 6.07) is 2.48. The molecule has 158 valence electrons. The molecular weight excluding hydrogens is 384 g/mol. The SMILES string of the molecule is CCCC(=O)N[C@H]1Cc2ccc(F)c(C(=O)OCOC(=O)C(C)(C)C)c2OB1O. The lowest BCUT2D eigenvalue weighted by Crippen LogP contribution is -2.53. The molecule has 1 aliphatic heterocycles.